The molecule has 2 rings (SSSR count). The van der Waals surface area contributed by atoms with Gasteiger partial charge in [-0.1, -0.05) is 40.5 Å². The largest absolute Gasteiger partial charge is 0.354 e. The smallest absolute Gasteiger partial charge is 0.237 e. The summed E-state index contributed by atoms with van der Waals surface area (Å²) in [6.07, 6.45) is 4.15. The Morgan fingerprint density at radius 2 is 2.22 bits per heavy atom. The molecule has 1 fully saturated rings. The first-order chi connectivity index (χ1) is 8.77. The Kier molecular flexibility index (Phi) is 5.20. The first-order valence-electron chi connectivity index (χ1n) is 6.52. The average Bonchev–Trinajstić information content (AvgIpc) is 2.42. The van der Waals surface area contributed by atoms with Gasteiger partial charge in [0.2, 0.25) is 5.91 Å². The van der Waals surface area contributed by atoms with E-state index in [2.05, 4.69) is 32.6 Å². The lowest BCUT2D eigenvalue weighted by atomic mass is 10.0. The highest BCUT2D eigenvalue weighted by molar-refractivity contribution is 9.10. The van der Waals surface area contributed by atoms with Crippen LogP contribution in [-0.4, -0.2) is 25.0 Å². The van der Waals surface area contributed by atoms with E-state index in [0.717, 1.165) is 30.3 Å². The standard InChI is InChI=1S/C14H19BrN2O/c15-12-6-2-1-5-11(12)8-10-17-14(18)13-7-3-4-9-16-13/h1-2,5-6,13,16H,3-4,7-10H2,(H,17,18). The number of hydrogen-bond acceptors (Lipinski definition) is 2. The third-order valence-corrected chi connectivity index (χ3v) is 4.05. The van der Waals surface area contributed by atoms with Gasteiger partial charge in [0.15, 0.2) is 0 Å². The zero-order valence-electron chi connectivity index (χ0n) is 10.4. The van der Waals surface area contributed by atoms with Crippen LogP contribution in [0.15, 0.2) is 28.7 Å². The van der Waals surface area contributed by atoms with Crippen molar-refractivity contribution < 1.29 is 4.79 Å². The van der Waals surface area contributed by atoms with Crippen molar-refractivity contribution in [2.24, 2.45) is 0 Å². The topological polar surface area (TPSA) is 41.1 Å². The van der Waals surface area contributed by atoms with E-state index >= 15 is 0 Å². The maximum absolute atomic E-state index is 11.9. The van der Waals surface area contributed by atoms with E-state index in [0.29, 0.717) is 6.54 Å². The van der Waals surface area contributed by atoms with Crippen LogP contribution in [-0.2, 0) is 11.2 Å². The zero-order chi connectivity index (χ0) is 12.8. The van der Waals surface area contributed by atoms with Crippen molar-refractivity contribution in [3.63, 3.8) is 0 Å². The lowest BCUT2D eigenvalue weighted by Crippen LogP contribution is -2.47. The van der Waals surface area contributed by atoms with E-state index in [1.54, 1.807) is 0 Å². The van der Waals surface area contributed by atoms with Gasteiger partial charge in [-0.2, -0.15) is 0 Å². The van der Waals surface area contributed by atoms with Crippen LogP contribution in [0.4, 0.5) is 0 Å². The van der Waals surface area contributed by atoms with Crippen molar-refractivity contribution in [3.8, 4) is 0 Å². The SMILES string of the molecule is O=C(NCCc1ccccc1Br)C1CCCCN1. The van der Waals surface area contributed by atoms with Crippen LogP contribution < -0.4 is 10.6 Å². The molecule has 1 unspecified atom stereocenters. The first kappa shape index (κ1) is 13.6. The highest BCUT2D eigenvalue weighted by Gasteiger charge is 2.19. The molecule has 0 radical (unpaired) electrons. The van der Waals surface area contributed by atoms with Crippen molar-refractivity contribution in [3.05, 3.63) is 34.3 Å². The summed E-state index contributed by atoms with van der Waals surface area (Å²) in [5.74, 6) is 0.141. The second-order valence-corrected chi connectivity index (χ2v) is 5.49. The molecule has 1 aromatic carbocycles. The molecule has 98 valence electrons. The van der Waals surface area contributed by atoms with E-state index in [4.69, 9.17) is 0 Å². The molecular formula is C14H19BrN2O. The summed E-state index contributed by atoms with van der Waals surface area (Å²) in [6, 6.07) is 8.13. The third-order valence-electron chi connectivity index (χ3n) is 3.28. The van der Waals surface area contributed by atoms with Crippen LogP contribution in [0.25, 0.3) is 0 Å². The predicted molar refractivity (Wildman–Crippen MR) is 76.5 cm³/mol. The maximum atomic E-state index is 11.9. The fourth-order valence-corrected chi connectivity index (χ4v) is 2.70. The second-order valence-electron chi connectivity index (χ2n) is 4.63. The van der Waals surface area contributed by atoms with Gasteiger partial charge in [0, 0.05) is 11.0 Å². The van der Waals surface area contributed by atoms with Gasteiger partial charge in [0.05, 0.1) is 6.04 Å². The first-order valence-corrected chi connectivity index (χ1v) is 7.31. The van der Waals surface area contributed by atoms with Gasteiger partial charge in [-0.3, -0.25) is 4.79 Å². The monoisotopic (exact) mass is 310 g/mol. The molecular weight excluding hydrogens is 292 g/mol. The summed E-state index contributed by atoms with van der Waals surface area (Å²) in [5.41, 5.74) is 1.23. The highest BCUT2D eigenvalue weighted by atomic mass is 79.9. The van der Waals surface area contributed by atoms with Crippen LogP contribution in [0.2, 0.25) is 0 Å². The highest BCUT2D eigenvalue weighted by Crippen LogP contribution is 2.15. The Morgan fingerprint density at radius 3 is 2.94 bits per heavy atom. The van der Waals surface area contributed by atoms with Gasteiger partial charge in [-0.15, -0.1) is 0 Å². The van der Waals surface area contributed by atoms with Gasteiger partial charge in [0.1, 0.15) is 0 Å². The Balaban J connectivity index is 1.75. The van der Waals surface area contributed by atoms with Crippen LogP contribution in [0, 0.1) is 0 Å². The van der Waals surface area contributed by atoms with Crippen LogP contribution >= 0.6 is 15.9 Å². The lowest BCUT2D eigenvalue weighted by Gasteiger charge is -2.22. The molecule has 1 amide bonds. The minimum atomic E-state index is 0.0120. The lowest BCUT2D eigenvalue weighted by molar-refractivity contribution is -0.123. The average molecular weight is 311 g/mol. The number of carbonyl (C=O) groups excluding carboxylic acids is 1. The summed E-state index contributed by atoms with van der Waals surface area (Å²) in [5, 5.41) is 6.26. The molecule has 3 nitrogen and oxygen atoms in total. The van der Waals surface area contributed by atoms with Crippen molar-refractivity contribution in [2.45, 2.75) is 31.7 Å². The molecule has 1 atom stereocenters. The summed E-state index contributed by atoms with van der Waals surface area (Å²) in [6.45, 7) is 1.65. The number of nitrogens with one attached hydrogen (secondary N) is 2. The van der Waals surface area contributed by atoms with E-state index in [9.17, 15) is 4.79 Å². The number of benzene rings is 1. The molecule has 4 heteroatoms. The molecule has 1 aromatic rings. The number of rotatable bonds is 4. The molecule has 0 aliphatic carbocycles. The van der Waals surface area contributed by atoms with Gasteiger partial charge >= 0.3 is 0 Å². The fraction of sp³-hybridized carbons (Fsp3) is 0.500. The van der Waals surface area contributed by atoms with E-state index in [-0.39, 0.29) is 11.9 Å². The molecule has 1 saturated heterocycles. The number of halogens is 1. The van der Waals surface area contributed by atoms with E-state index in [1.165, 1.54) is 12.0 Å². The number of carbonyl (C=O) groups is 1. The van der Waals surface area contributed by atoms with Gasteiger partial charge < -0.3 is 10.6 Å². The third kappa shape index (κ3) is 3.82. The van der Waals surface area contributed by atoms with E-state index < -0.39 is 0 Å². The van der Waals surface area contributed by atoms with Crippen LogP contribution in [0.3, 0.4) is 0 Å². The molecule has 2 N–H and O–H groups in total. The molecule has 1 aliphatic rings. The van der Waals surface area contributed by atoms with Gasteiger partial charge in [0.25, 0.3) is 0 Å². The van der Waals surface area contributed by atoms with Crippen molar-refractivity contribution >= 4 is 21.8 Å². The van der Waals surface area contributed by atoms with Gasteiger partial charge in [-0.25, -0.2) is 0 Å². The quantitative estimate of drug-likeness (QED) is 0.895. The molecule has 0 aromatic heterocycles. The molecule has 1 aliphatic heterocycles. The molecule has 1 heterocycles. The normalized spacial score (nSPS) is 19.5. The Bertz CT molecular complexity index is 403. The Hall–Kier alpha value is -0.870. The number of hydrogen-bond donors (Lipinski definition) is 2. The minimum absolute atomic E-state index is 0.0120. The van der Waals surface area contributed by atoms with Gasteiger partial charge in [-0.05, 0) is 37.4 Å². The zero-order valence-corrected chi connectivity index (χ0v) is 12.0. The van der Waals surface area contributed by atoms with Crippen molar-refractivity contribution in [1.82, 2.24) is 10.6 Å². The van der Waals surface area contributed by atoms with Crippen molar-refractivity contribution in [1.29, 1.82) is 0 Å². The summed E-state index contributed by atoms with van der Waals surface area (Å²) >= 11 is 3.52. The molecule has 0 bridgehead atoms. The van der Waals surface area contributed by atoms with Crippen LogP contribution in [0.1, 0.15) is 24.8 Å². The Labute approximate surface area is 116 Å². The molecule has 18 heavy (non-hydrogen) atoms. The Morgan fingerprint density at radius 1 is 1.39 bits per heavy atom. The number of piperidine rings is 1. The minimum Gasteiger partial charge on any atom is -0.354 e. The fourth-order valence-electron chi connectivity index (χ4n) is 2.22. The van der Waals surface area contributed by atoms with E-state index in [1.807, 2.05) is 18.2 Å². The van der Waals surface area contributed by atoms with Crippen LogP contribution in [0.5, 0.6) is 0 Å². The summed E-state index contributed by atoms with van der Waals surface area (Å²) in [7, 11) is 0. The molecule has 0 spiro atoms. The summed E-state index contributed by atoms with van der Waals surface area (Å²) < 4.78 is 1.11. The summed E-state index contributed by atoms with van der Waals surface area (Å²) in [4.78, 5) is 11.9. The predicted octanol–water partition coefficient (Wildman–Crippen LogP) is 2.25. The van der Waals surface area contributed by atoms with Crippen molar-refractivity contribution in [2.75, 3.05) is 13.1 Å². The number of amides is 1. The maximum Gasteiger partial charge on any atom is 0.237 e. The molecule has 0 saturated carbocycles. The second kappa shape index (κ2) is 6.90.